The number of rotatable bonds is 1. The molecule has 1 unspecified atom stereocenters. The molecule has 0 aromatic heterocycles. The molecule has 0 spiro atoms. The Balaban J connectivity index is 1.94. The minimum Gasteiger partial charge on any atom is -0.353 e. The molecule has 1 aromatic rings. The van der Waals surface area contributed by atoms with Crippen LogP contribution in [0.2, 0.25) is 0 Å². The van der Waals surface area contributed by atoms with Gasteiger partial charge in [-0.15, -0.1) is 0 Å². The summed E-state index contributed by atoms with van der Waals surface area (Å²) in [5, 5.41) is 2.67. The standard InChI is InChI=1S/C13H13N3O3/c17-11-8-10-12(18)14-6-7-15(10)13(19)16(11)9-4-2-1-3-5-9/h1-5,10H,6-8H2,(H,14,18). The molecule has 1 N–H and O–H groups in total. The van der Waals surface area contributed by atoms with Crippen LogP contribution in [0.5, 0.6) is 0 Å². The second kappa shape index (κ2) is 4.38. The number of benzene rings is 1. The van der Waals surface area contributed by atoms with Gasteiger partial charge in [0, 0.05) is 13.1 Å². The summed E-state index contributed by atoms with van der Waals surface area (Å²) in [4.78, 5) is 38.8. The molecule has 4 amide bonds. The number of fused-ring (bicyclic) bond motifs is 1. The summed E-state index contributed by atoms with van der Waals surface area (Å²) in [5.41, 5.74) is 0.543. The predicted octanol–water partition coefficient (Wildman–Crippen LogP) is 0.344. The van der Waals surface area contributed by atoms with Crippen LogP contribution in [-0.2, 0) is 9.59 Å². The summed E-state index contributed by atoms with van der Waals surface area (Å²) >= 11 is 0. The number of hydrogen-bond donors (Lipinski definition) is 1. The smallest absolute Gasteiger partial charge is 0.332 e. The molecule has 0 aliphatic carbocycles. The van der Waals surface area contributed by atoms with Crippen molar-refractivity contribution in [2.75, 3.05) is 18.0 Å². The van der Waals surface area contributed by atoms with Crippen molar-refractivity contribution in [3.8, 4) is 0 Å². The molecular formula is C13H13N3O3. The number of carbonyl (C=O) groups excluding carboxylic acids is 3. The van der Waals surface area contributed by atoms with E-state index >= 15 is 0 Å². The molecule has 3 rings (SSSR count). The fourth-order valence-corrected chi connectivity index (χ4v) is 2.47. The summed E-state index contributed by atoms with van der Waals surface area (Å²) in [6.45, 7) is 0.865. The highest BCUT2D eigenvalue weighted by Crippen LogP contribution is 2.25. The number of urea groups is 1. The maximum atomic E-state index is 12.4. The Morgan fingerprint density at radius 2 is 1.84 bits per heavy atom. The summed E-state index contributed by atoms with van der Waals surface area (Å²) in [7, 11) is 0. The molecule has 6 heteroatoms. The first-order valence-corrected chi connectivity index (χ1v) is 6.15. The van der Waals surface area contributed by atoms with Crippen LogP contribution in [0.15, 0.2) is 30.3 Å². The number of para-hydroxylation sites is 1. The van der Waals surface area contributed by atoms with Gasteiger partial charge in [0.05, 0.1) is 12.1 Å². The van der Waals surface area contributed by atoms with E-state index in [1.807, 2.05) is 6.07 Å². The zero-order valence-corrected chi connectivity index (χ0v) is 10.2. The van der Waals surface area contributed by atoms with Gasteiger partial charge in [-0.25, -0.2) is 9.69 Å². The molecule has 98 valence electrons. The topological polar surface area (TPSA) is 69.7 Å². The van der Waals surface area contributed by atoms with E-state index in [-0.39, 0.29) is 18.2 Å². The van der Waals surface area contributed by atoms with Crippen LogP contribution in [0.25, 0.3) is 0 Å². The highest BCUT2D eigenvalue weighted by molar-refractivity contribution is 6.18. The summed E-state index contributed by atoms with van der Waals surface area (Å²) in [5.74, 6) is -0.588. The molecule has 0 saturated carbocycles. The van der Waals surface area contributed by atoms with E-state index in [0.29, 0.717) is 18.8 Å². The van der Waals surface area contributed by atoms with Crippen LogP contribution < -0.4 is 10.2 Å². The van der Waals surface area contributed by atoms with Crippen LogP contribution in [-0.4, -0.2) is 41.9 Å². The van der Waals surface area contributed by atoms with Gasteiger partial charge in [0.15, 0.2) is 0 Å². The number of carbonyl (C=O) groups is 3. The van der Waals surface area contributed by atoms with Gasteiger partial charge in [0.2, 0.25) is 11.8 Å². The van der Waals surface area contributed by atoms with Crippen molar-refractivity contribution in [3.63, 3.8) is 0 Å². The third kappa shape index (κ3) is 1.85. The van der Waals surface area contributed by atoms with Crippen molar-refractivity contribution in [2.45, 2.75) is 12.5 Å². The van der Waals surface area contributed by atoms with E-state index < -0.39 is 12.1 Å². The van der Waals surface area contributed by atoms with Crippen molar-refractivity contribution in [1.29, 1.82) is 0 Å². The summed E-state index contributed by atoms with van der Waals surface area (Å²) < 4.78 is 0. The lowest BCUT2D eigenvalue weighted by Crippen LogP contribution is -2.65. The number of nitrogens with one attached hydrogen (secondary N) is 1. The van der Waals surface area contributed by atoms with E-state index in [0.717, 1.165) is 4.90 Å². The molecule has 2 aliphatic heterocycles. The Hall–Kier alpha value is -2.37. The quantitative estimate of drug-likeness (QED) is 0.791. The second-order valence-corrected chi connectivity index (χ2v) is 4.55. The zero-order chi connectivity index (χ0) is 13.4. The number of hydrogen-bond acceptors (Lipinski definition) is 3. The lowest BCUT2D eigenvalue weighted by molar-refractivity contribution is -0.133. The number of anilines is 1. The van der Waals surface area contributed by atoms with Crippen LogP contribution >= 0.6 is 0 Å². The predicted molar refractivity (Wildman–Crippen MR) is 67.4 cm³/mol. The molecular weight excluding hydrogens is 246 g/mol. The molecule has 0 bridgehead atoms. The van der Waals surface area contributed by atoms with E-state index in [2.05, 4.69) is 5.32 Å². The molecule has 0 radical (unpaired) electrons. The Morgan fingerprint density at radius 3 is 2.58 bits per heavy atom. The first-order valence-electron chi connectivity index (χ1n) is 6.15. The van der Waals surface area contributed by atoms with Gasteiger partial charge in [-0.05, 0) is 12.1 Å². The van der Waals surface area contributed by atoms with E-state index in [9.17, 15) is 14.4 Å². The molecule has 2 aliphatic rings. The average Bonchev–Trinajstić information content (AvgIpc) is 2.41. The lowest BCUT2D eigenvalue weighted by Gasteiger charge is -2.41. The maximum absolute atomic E-state index is 12.4. The van der Waals surface area contributed by atoms with Crippen LogP contribution in [0.4, 0.5) is 10.5 Å². The van der Waals surface area contributed by atoms with Gasteiger partial charge in [0.25, 0.3) is 0 Å². The third-order valence-electron chi connectivity index (χ3n) is 3.40. The van der Waals surface area contributed by atoms with Gasteiger partial charge in [0.1, 0.15) is 6.04 Å². The molecule has 6 nitrogen and oxygen atoms in total. The zero-order valence-electron chi connectivity index (χ0n) is 10.2. The van der Waals surface area contributed by atoms with Gasteiger partial charge in [-0.1, -0.05) is 18.2 Å². The van der Waals surface area contributed by atoms with Gasteiger partial charge in [-0.2, -0.15) is 0 Å². The molecule has 1 aromatic carbocycles. The van der Waals surface area contributed by atoms with E-state index in [1.165, 1.54) is 4.90 Å². The molecule has 2 saturated heterocycles. The van der Waals surface area contributed by atoms with Gasteiger partial charge >= 0.3 is 6.03 Å². The fraction of sp³-hybridized carbons (Fsp3) is 0.308. The van der Waals surface area contributed by atoms with Crippen LogP contribution in [0.1, 0.15) is 6.42 Å². The highest BCUT2D eigenvalue weighted by atomic mass is 16.2. The number of imide groups is 1. The highest BCUT2D eigenvalue weighted by Gasteiger charge is 2.44. The van der Waals surface area contributed by atoms with Crippen molar-refractivity contribution in [1.82, 2.24) is 10.2 Å². The first kappa shape index (κ1) is 11.7. The SMILES string of the molecule is O=C1NCCN2C(=O)N(c3ccccc3)C(=O)CC12. The van der Waals surface area contributed by atoms with Crippen molar-refractivity contribution in [3.05, 3.63) is 30.3 Å². The van der Waals surface area contributed by atoms with E-state index in [1.54, 1.807) is 24.3 Å². The summed E-state index contributed by atoms with van der Waals surface area (Å²) in [6.07, 6.45) is 0.0342. The number of piperazine rings is 1. The lowest BCUT2D eigenvalue weighted by atomic mass is 10.0. The minimum atomic E-state index is -0.659. The van der Waals surface area contributed by atoms with Crippen LogP contribution in [0.3, 0.4) is 0 Å². The van der Waals surface area contributed by atoms with Crippen LogP contribution in [0, 0.1) is 0 Å². The molecule has 19 heavy (non-hydrogen) atoms. The fourth-order valence-electron chi connectivity index (χ4n) is 2.47. The Labute approximate surface area is 110 Å². The number of amides is 4. The van der Waals surface area contributed by atoms with Crippen molar-refractivity contribution in [2.24, 2.45) is 0 Å². The molecule has 2 heterocycles. The maximum Gasteiger partial charge on any atom is 0.332 e. The first-order chi connectivity index (χ1) is 9.18. The normalized spacial score (nSPS) is 23.2. The Morgan fingerprint density at radius 1 is 1.11 bits per heavy atom. The van der Waals surface area contributed by atoms with E-state index in [4.69, 9.17) is 0 Å². The largest absolute Gasteiger partial charge is 0.353 e. The summed E-state index contributed by atoms with van der Waals surface area (Å²) in [6, 6.07) is 7.70. The van der Waals surface area contributed by atoms with Gasteiger partial charge in [-0.3, -0.25) is 9.59 Å². The average molecular weight is 259 g/mol. The third-order valence-corrected chi connectivity index (χ3v) is 3.40. The second-order valence-electron chi connectivity index (χ2n) is 4.55. The minimum absolute atomic E-state index is 0.0342. The number of nitrogens with zero attached hydrogens (tertiary/aromatic N) is 2. The monoisotopic (exact) mass is 259 g/mol. The molecule has 2 fully saturated rings. The Kier molecular flexibility index (Phi) is 2.70. The molecule has 1 atom stereocenters. The Bertz CT molecular complexity index is 543. The van der Waals surface area contributed by atoms with Crippen molar-refractivity contribution < 1.29 is 14.4 Å². The van der Waals surface area contributed by atoms with Crippen molar-refractivity contribution >= 4 is 23.5 Å². The van der Waals surface area contributed by atoms with Gasteiger partial charge < -0.3 is 10.2 Å².